The fraction of sp³-hybridized carbons (Fsp3) is 0.667. The highest BCUT2D eigenvalue weighted by molar-refractivity contribution is 5.71. The van der Waals surface area contributed by atoms with Crippen LogP contribution in [-0.2, 0) is 14.3 Å². The van der Waals surface area contributed by atoms with E-state index in [0.29, 0.717) is 26.2 Å². The van der Waals surface area contributed by atoms with Gasteiger partial charge in [-0.05, 0) is 13.3 Å². The van der Waals surface area contributed by atoms with Gasteiger partial charge in [-0.2, -0.15) is 0 Å². The summed E-state index contributed by atoms with van der Waals surface area (Å²) in [5.41, 5.74) is 5.04. The topological polar surface area (TPSA) is 61.5 Å². The maximum Gasteiger partial charge on any atom is 0.319 e. The van der Waals surface area contributed by atoms with E-state index in [0.717, 1.165) is 0 Å². The molecule has 4 nitrogen and oxygen atoms in total. The quantitative estimate of drug-likeness (QED) is 0.357. The fourth-order valence-corrected chi connectivity index (χ4v) is 0.672. The van der Waals surface area contributed by atoms with E-state index in [1.54, 1.807) is 0 Å². The summed E-state index contributed by atoms with van der Waals surface area (Å²) in [6, 6.07) is 0. The molecule has 0 atom stereocenters. The van der Waals surface area contributed by atoms with Gasteiger partial charge in [-0.3, -0.25) is 4.79 Å². The fourth-order valence-electron chi connectivity index (χ4n) is 0.672. The normalized spacial score (nSPS) is 10.6. The summed E-state index contributed by atoms with van der Waals surface area (Å²) in [4.78, 5) is 10.6. The molecule has 0 amide bonds. The van der Waals surface area contributed by atoms with Crippen molar-refractivity contribution in [2.75, 3.05) is 26.4 Å². The number of carbonyl (C=O) groups excluding carboxylic acids is 1. The van der Waals surface area contributed by atoms with E-state index in [1.807, 2.05) is 19.1 Å². The molecule has 0 aromatic heterocycles. The van der Waals surface area contributed by atoms with Gasteiger partial charge in [0.25, 0.3) is 0 Å². The predicted octanol–water partition coefficient (Wildman–Crippen LogP) is 0.471. The van der Waals surface area contributed by atoms with E-state index in [9.17, 15) is 4.79 Å². The number of esters is 1. The first-order valence-corrected chi connectivity index (χ1v) is 4.39. The molecular weight excluding hydrogens is 170 g/mol. The highest BCUT2D eigenvalue weighted by Gasteiger charge is 1.94. The summed E-state index contributed by atoms with van der Waals surface area (Å²) in [6.07, 6.45) is 4.53. The van der Waals surface area contributed by atoms with Crippen molar-refractivity contribution in [3.8, 4) is 0 Å². The summed E-state index contributed by atoms with van der Waals surface area (Å²) < 4.78 is 9.81. The van der Waals surface area contributed by atoms with Gasteiger partial charge < -0.3 is 15.2 Å². The lowest BCUT2D eigenvalue weighted by Crippen LogP contribution is -2.16. The predicted molar refractivity (Wildman–Crippen MR) is 50.3 cm³/mol. The second kappa shape index (κ2) is 9.22. The van der Waals surface area contributed by atoms with E-state index < -0.39 is 0 Å². The third-order valence-electron chi connectivity index (χ3n) is 1.30. The standard InChI is InChI=1S/C9H17NO3/c1-2-12-6-4-3-5-7-13-9(11)8-10/h3-4H,2,5-8,10H2,1H3/b4-3+. The van der Waals surface area contributed by atoms with Gasteiger partial charge in [0, 0.05) is 6.61 Å². The van der Waals surface area contributed by atoms with Crippen molar-refractivity contribution in [1.29, 1.82) is 0 Å². The first kappa shape index (κ1) is 12.1. The third-order valence-corrected chi connectivity index (χ3v) is 1.30. The minimum atomic E-state index is -0.363. The molecular formula is C9H17NO3. The van der Waals surface area contributed by atoms with Crippen LogP contribution in [0.15, 0.2) is 12.2 Å². The summed E-state index contributed by atoms with van der Waals surface area (Å²) in [6.45, 7) is 3.60. The van der Waals surface area contributed by atoms with Crippen LogP contribution < -0.4 is 5.73 Å². The molecule has 0 aliphatic carbocycles. The van der Waals surface area contributed by atoms with Crippen molar-refractivity contribution in [1.82, 2.24) is 0 Å². The van der Waals surface area contributed by atoms with Crippen LogP contribution in [0.25, 0.3) is 0 Å². The molecule has 0 aromatic carbocycles. The van der Waals surface area contributed by atoms with E-state index in [2.05, 4.69) is 0 Å². The van der Waals surface area contributed by atoms with Crippen molar-refractivity contribution in [2.24, 2.45) is 5.73 Å². The Morgan fingerprint density at radius 3 is 2.85 bits per heavy atom. The first-order chi connectivity index (χ1) is 6.31. The van der Waals surface area contributed by atoms with Crippen LogP contribution in [-0.4, -0.2) is 32.3 Å². The minimum Gasteiger partial charge on any atom is -0.464 e. The van der Waals surface area contributed by atoms with Crippen LogP contribution in [0.5, 0.6) is 0 Å². The van der Waals surface area contributed by atoms with Crippen molar-refractivity contribution >= 4 is 5.97 Å². The number of ether oxygens (including phenoxy) is 2. The second-order valence-corrected chi connectivity index (χ2v) is 2.34. The molecule has 0 aromatic rings. The molecule has 0 radical (unpaired) electrons. The summed E-state index contributed by atoms with van der Waals surface area (Å²) in [5, 5.41) is 0. The molecule has 0 spiro atoms. The van der Waals surface area contributed by atoms with Crippen LogP contribution in [0.2, 0.25) is 0 Å². The van der Waals surface area contributed by atoms with Crippen LogP contribution in [0.1, 0.15) is 13.3 Å². The van der Waals surface area contributed by atoms with Crippen molar-refractivity contribution < 1.29 is 14.3 Å². The number of carbonyl (C=O) groups is 1. The smallest absolute Gasteiger partial charge is 0.319 e. The van der Waals surface area contributed by atoms with Gasteiger partial charge in [-0.25, -0.2) is 0 Å². The molecule has 0 saturated heterocycles. The maximum atomic E-state index is 10.6. The number of hydrogen-bond acceptors (Lipinski definition) is 4. The minimum absolute atomic E-state index is 0.0529. The molecule has 0 unspecified atom stereocenters. The molecule has 4 heteroatoms. The van der Waals surface area contributed by atoms with Gasteiger partial charge >= 0.3 is 5.97 Å². The van der Waals surface area contributed by atoms with Crippen molar-refractivity contribution in [3.05, 3.63) is 12.2 Å². The van der Waals surface area contributed by atoms with E-state index in [-0.39, 0.29) is 12.5 Å². The zero-order valence-electron chi connectivity index (χ0n) is 7.99. The van der Waals surface area contributed by atoms with Gasteiger partial charge in [-0.1, -0.05) is 12.2 Å². The SMILES string of the molecule is CCOC/C=C/CCOC(=O)CN. The molecule has 0 heterocycles. The van der Waals surface area contributed by atoms with Crippen molar-refractivity contribution in [3.63, 3.8) is 0 Å². The van der Waals surface area contributed by atoms with Crippen LogP contribution in [0.3, 0.4) is 0 Å². The molecule has 76 valence electrons. The van der Waals surface area contributed by atoms with E-state index in [4.69, 9.17) is 15.2 Å². The Morgan fingerprint density at radius 1 is 1.46 bits per heavy atom. The molecule has 0 aliphatic rings. The monoisotopic (exact) mass is 187 g/mol. The van der Waals surface area contributed by atoms with E-state index in [1.165, 1.54) is 0 Å². The zero-order chi connectivity index (χ0) is 9.94. The molecule has 0 saturated carbocycles. The lowest BCUT2D eigenvalue weighted by molar-refractivity contribution is -0.141. The number of hydrogen-bond donors (Lipinski definition) is 1. The van der Waals surface area contributed by atoms with Gasteiger partial charge in [0.05, 0.1) is 19.8 Å². The lowest BCUT2D eigenvalue weighted by atomic mass is 10.4. The molecule has 0 rings (SSSR count). The number of rotatable bonds is 7. The van der Waals surface area contributed by atoms with Crippen molar-refractivity contribution in [2.45, 2.75) is 13.3 Å². The average Bonchev–Trinajstić information content (AvgIpc) is 2.16. The maximum absolute atomic E-state index is 10.6. The second-order valence-electron chi connectivity index (χ2n) is 2.34. The highest BCUT2D eigenvalue weighted by Crippen LogP contribution is 1.86. The first-order valence-electron chi connectivity index (χ1n) is 4.39. The zero-order valence-corrected chi connectivity index (χ0v) is 7.99. The number of nitrogens with two attached hydrogens (primary N) is 1. The molecule has 13 heavy (non-hydrogen) atoms. The van der Waals surface area contributed by atoms with Gasteiger partial charge in [-0.15, -0.1) is 0 Å². The average molecular weight is 187 g/mol. The molecule has 2 N–H and O–H groups in total. The molecule has 0 bridgehead atoms. The van der Waals surface area contributed by atoms with Gasteiger partial charge in [0.2, 0.25) is 0 Å². The van der Waals surface area contributed by atoms with Gasteiger partial charge in [0.1, 0.15) is 0 Å². The lowest BCUT2D eigenvalue weighted by Gasteiger charge is -1.99. The Hall–Kier alpha value is -0.870. The summed E-state index contributed by atoms with van der Waals surface area (Å²) in [5.74, 6) is -0.363. The third kappa shape index (κ3) is 9.04. The Morgan fingerprint density at radius 2 is 2.23 bits per heavy atom. The molecule has 0 aliphatic heterocycles. The molecule has 0 fully saturated rings. The Kier molecular flexibility index (Phi) is 8.60. The van der Waals surface area contributed by atoms with Crippen LogP contribution in [0, 0.1) is 0 Å². The summed E-state index contributed by atoms with van der Waals surface area (Å²) in [7, 11) is 0. The Bertz CT molecular complexity index is 157. The van der Waals surface area contributed by atoms with E-state index >= 15 is 0 Å². The van der Waals surface area contributed by atoms with Crippen LogP contribution in [0.4, 0.5) is 0 Å². The Labute approximate surface area is 78.7 Å². The van der Waals surface area contributed by atoms with Crippen LogP contribution >= 0.6 is 0 Å². The summed E-state index contributed by atoms with van der Waals surface area (Å²) >= 11 is 0. The largest absolute Gasteiger partial charge is 0.464 e. The Balaban J connectivity index is 3.15. The highest BCUT2D eigenvalue weighted by atomic mass is 16.5. The van der Waals surface area contributed by atoms with Gasteiger partial charge in [0.15, 0.2) is 0 Å².